The van der Waals surface area contributed by atoms with Crippen molar-refractivity contribution < 1.29 is 18.3 Å². The van der Waals surface area contributed by atoms with E-state index in [2.05, 4.69) is 21.2 Å². The number of alkyl halides is 2. The molecule has 0 unspecified atom stereocenters. The average molecular weight is 362 g/mol. The first-order valence-electron chi connectivity index (χ1n) is 6.88. The molecule has 21 heavy (non-hydrogen) atoms. The quantitative estimate of drug-likeness (QED) is 0.860. The number of hydrogen-bond acceptors (Lipinski definition) is 2. The zero-order chi connectivity index (χ0) is 15.6. The summed E-state index contributed by atoms with van der Waals surface area (Å²) in [4.78, 5) is 12.2. The van der Waals surface area contributed by atoms with Gasteiger partial charge in [0, 0.05) is 23.4 Å². The van der Waals surface area contributed by atoms with Gasteiger partial charge in [0.15, 0.2) is 0 Å². The number of amides is 1. The van der Waals surface area contributed by atoms with Gasteiger partial charge < -0.3 is 10.1 Å². The zero-order valence-corrected chi connectivity index (χ0v) is 13.5. The molecule has 0 saturated heterocycles. The minimum Gasteiger partial charge on any atom is -0.492 e. The number of nitrogens with one attached hydrogen (secondary N) is 1. The van der Waals surface area contributed by atoms with Crippen LogP contribution in [0.3, 0.4) is 0 Å². The van der Waals surface area contributed by atoms with Crippen LogP contribution in [0.25, 0.3) is 0 Å². The lowest BCUT2D eigenvalue weighted by atomic mass is 9.88. The van der Waals surface area contributed by atoms with E-state index < -0.39 is 12.0 Å². The van der Waals surface area contributed by atoms with E-state index >= 15 is 0 Å². The van der Waals surface area contributed by atoms with Crippen LogP contribution in [0.4, 0.5) is 8.78 Å². The molecule has 1 saturated carbocycles. The average Bonchev–Trinajstić information content (AvgIpc) is 2.34. The molecule has 0 radical (unpaired) electrons. The first kappa shape index (κ1) is 16.2. The Morgan fingerprint density at radius 2 is 2.14 bits per heavy atom. The SMILES string of the molecule is CC(C)COc1ccc(Br)cc1C(=O)NC1CC(F)(F)C1. The van der Waals surface area contributed by atoms with Crippen LogP contribution in [0.15, 0.2) is 22.7 Å². The third-order valence-corrected chi connectivity index (χ3v) is 3.68. The maximum Gasteiger partial charge on any atom is 0.255 e. The molecule has 0 bridgehead atoms. The van der Waals surface area contributed by atoms with E-state index in [1.807, 2.05) is 13.8 Å². The minimum absolute atomic E-state index is 0.297. The summed E-state index contributed by atoms with van der Waals surface area (Å²) in [5, 5.41) is 2.62. The van der Waals surface area contributed by atoms with E-state index in [1.54, 1.807) is 18.2 Å². The van der Waals surface area contributed by atoms with E-state index in [9.17, 15) is 13.6 Å². The highest BCUT2D eigenvalue weighted by Gasteiger charge is 2.46. The number of carbonyl (C=O) groups excluding carboxylic acids is 1. The molecule has 3 nitrogen and oxygen atoms in total. The van der Waals surface area contributed by atoms with E-state index in [4.69, 9.17) is 4.74 Å². The predicted octanol–water partition coefficient (Wildman–Crippen LogP) is 4.01. The molecule has 1 aliphatic rings. The van der Waals surface area contributed by atoms with Gasteiger partial charge in [0.25, 0.3) is 11.8 Å². The Hall–Kier alpha value is -1.17. The molecule has 6 heteroatoms. The molecular formula is C15H18BrF2NO2. The van der Waals surface area contributed by atoms with Crippen molar-refractivity contribution in [3.05, 3.63) is 28.2 Å². The standard InChI is InChI=1S/C15H18BrF2NO2/c1-9(2)8-21-13-4-3-10(16)5-12(13)14(20)19-11-6-15(17,18)7-11/h3-5,9,11H,6-8H2,1-2H3,(H,19,20). The topological polar surface area (TPSA) is 38.3 Å². The predicted molar refractivity (Wildman–Crippen MR) is 79.9 cm³/mol. The van der Waals surface area contributed by atoms with Crippen LogP contribution in [-0.2, 0) is 0 Å². The number of rotatable bonds is 5. The molecule has 116 valence electrons. The van der Waals surface area contributed by atoms with E-state index in [0.717, 1.165) is 4.47 Å². The van der Waals surface area contributed by atoms with Crippen molar-refractivity contribution in [2.75, 3.05) is 6.61 Å². The van der Waals surface area contributed by atoms with E-state index in [-0.39, 0.29) is 18.7 Å². The van der Waals surface area contributed by atoms with Crippen LogP contribution in [-0.4, -0.2) is 24.5 Å². The smallest absolute Gasteiger partial charge is 0.255 e. The summed E-state index contributed by atoms with van der Waals surface area (Å²) in [5.41, 5.74) is 0.361. The zero-order valence-electron chi connectivity index (χ0n) is 12.0. The highest BCUT2D eigenvalue weighted by Crippen LogP contribution is 2.37. The molecule has 0 atom stereocenters. The molecule has 0 heterocycles. The lowest BCUT2D eigenvalue weighted by Crippen LogP contribution is -2.50. The largest absolute Gasteiger partial charge is 0.492 e. The van der Waals surface area contributed by atoms with Crippen LogP contribution < -0.4 is 10.1 Å². The second-order valence-corrected chi connectivity index (χ2v) is 6.70. The van der Waals surface area contributed by atoms with Crippen LogP contribution in [0, 0.1) is 5.92 Å². The number of hydrogen-bond donors (Lipinski definition) is 1. The van der Waals surface area contributed by atoms with E-state index in [1.165, 1.54) is 0 Å². The Morgan fingerprint density at radius 1 is 1.48 bits per heavy atom. The highest BCUT2D eigenvalue weighted by atomic mass is 79.9. The summed E-state index contributed by atoms with van der Waals surface area (Å²) in [6, 6.07) is 4.66. The van der Waals surface area contributed by atoms with Gasteiger partial charge in [-0.3, -0.25) is 4.79 Å². The summed E-state index contributed by atoms with van der Waals surface area (Å²) in [5.74, 6) is -2.23. The van der Waals surface area contributed by atoms with Crippen molar-refractivity contribution in [1.29, 1.82) is 0 Å². The Bertz CT molecular complexity index is 526. The fraction of sp³-hybridized carbons (Fsp3) is 0.533. The summed E-state index contributed by atoms with van der Waals surface area (Å²) in [6.07, 6.45) is -0.593. The summed E-state index contributed by atoms with van der Waals surface area (Å²) >= 11 is 3.30. The summed E-state index contributed by atoms with van der Waals surface area (Å²) < 4.78 is 32.0. The molecule has 1 fully saturated rings. The normalized spacial score (nSPS) is 17.4. The van der Waals surface area contributed by atoms with Gasteiger partial charge >= 0.3 is 0 Å². The molecule has 1 aromatic carbocycles. The van der Waals surface area contributed by atoms with Crippen LogP contribution in [0.5, 0.6) is 5.75 Å². The molecule has 0 spiro atoms. The molecule has 1 aliphatic carbocycles. The number of ether oxygens (including phenoxy) is 1. The van der Waals surface area contributed by atoms with Gasteiger partial charge in [0.05, 0.1) is 12.2 Å². The van der Waals surface area contributed by atoms with Gasteiger partial charge in [0.1, 0.15) is 5.75 Å². The van der Waals surface area contributed by atoms with Gasteiger partial charge in [-0.1, -0.05) is 29.8 Å². The van der Waals surface area contributed by atoms with Gasteiger partial charge in [-0.2, -0.15) is 0 Å². The third-order valence-electron chi connectivity index (χ3n) is 3.18. The van der Waals surface area contributed by atoms with Crippen LogP contribution in [0.1, 0.15) is 37.0 Å². The fourth-order valence-electron chi connectivity index (χ4n) is 2.09. The van der Waals surface area contributed by atoms with Crippen molar-refractivity contribution in [3.8, 4) is 5.75 Å². The molecule has 0 aromatic heterocycles. The molecule has 1 amide bonds. The molecule has 1 N–H and O–H groups in total. The Kier molecular flexibility index (Phi) is 4.86. The third kappa shape index (κ3) is 4.40. The molecule has 1 aromatic rings. The minimum atomic E-state index is -2.65. The van der Waals surface area contributed by atoms with Crippen molar-refractivity contribution >= 4 is 21.8 Å². The van der Waals surface area contributed by atoms with Crippen LogP contribution >= 0.6 is 15.9 Å². The van der Waals surface area contributed by atoms with Gasteiger partial charge in [-0.25, -0.2) is 8.78 Å². The molecule has 0 aliphatic heterocycles. The van der Waals surface area contributed by atoms with Gasteiger partial charge in [-0.05, 0) is 24.1 Å². The highest BCUT2D eigenvalue weighted by molar-refractivity contribution is 9.10. The Labute approximate surface area is 131 Å². The van der Waals surface area contributed by atoms with Gasteiger partial charge in [-0.15, -0.1) is 0 Å². The Morgan fingerprint density at radius 3 is 2.71 bits per heavy atom. The maximum atomic E-state index is 12.8. The fourth-order valence-corrected chi connectivity index (χ4v) is 2.45. The molecular weight excluding hydrogens is 344 g/mol. The van der Waals surface area contributed by atoms with Crippen LogP contribution in [0.2, 0.25) is 0 Å². The number of halogens is 3. The molecule has 2 rings (SSSR count). The monoisotopic (exact) mass is 361 g/mol. The van der Waals surface area contributed by atoms with Gasteiger partial charge in [0.2, 0.25) is 0 Å². The first-order chi connectivity index (χ1) is 9.77. The van der Waals surface area contributed by atoms with Crippen molar-refractivity contribution in [2.24, 2.45) is 5.92 Å². The summed E-state index contributed by atoms with van der Waals surface area (Å²) in [7, 11) is 0. The lowest BCUT2D eigenvalue weighted by molar-refractivity contribution is -0.0901. The number of benzene rings is 1. The first-order valence-corrected chi connectivity index (χ1v) is 7.67. The van der Waals surface area contributed by atoms with Crippen molar-refractivity contribution in [1.82, 2.24) is 5.32 Å². The number of carbonyl (C=O) groups is 1. The van der Waals surface area contributed by atoms with Crippen molar-refractivity contribution in [2.45, 2.75) is 38.7 Å². The van der Waals surface area contributed by atoms with Crippen molar-refractivity contribution in [3.63, 3.8) is 0 Å². The summed E-state index contributed by atoms with van der Waals surface area (Å²) in [6.45, 7) is 4.51. The Balaban J connectivity index is 2.06. The maximum absolute atomic E-state index is 12.8. The van der Waals surface area contributed by atoms with E-state index in [0.29, 0.717) is 23.8 Å². The second-order valence-electron chi connectivity index (χ2n) is 5.78. The second kappa shape index (κ2) is 6.30. The lowest BCUT2D eigenvalue weighted by Gasteiger charge is -2.35.